The Balaban J connectivity index is 0.000000108. The lowest BCUT2D eigenvalue weighted by molar-refractivity contribution is 0.660. The van der Waals surface area contributed by atoms with E-state index in [2.05, 4.69) is 454 Å². The first-order chi connectivity index (χ1) is 66.3. The number of fused-ring (bicyclic) bond motifs is 18. The maximum absolute atomic E-state index is 4.75. The highest BCUT2D eigenvalue weighted by molar-refractivity contribution is 6.26. The molecule has 3 aliphatic carbocycles. The average Bonchev–Trinajstić information content (AvgIpc) is 1.68. The van der Waals surface area contributed by atoms with Crippen molar-refractivity contribution >= 4 is 97.0 Å². The maximum atomic E-state index is 4.75. The zero-order chi connectivity index (χ0) is 90.4. The van der Waals surface area contributed by atoms with Crippen LogP contribution in [0.3, 0.4) is 0 Å². The Hall–Kier alpha value is -16.9. The SMILES string of the molecule is CC1(C)c2ccccc2-c2cc(-c3c4ccccc4c(-c4ccncn4)c4ccc(-c5cccc6ccccc56)cc34)ccc21.CC1(C)c2ccccc2-c2cc(-c3c4ccccc4c(-c4cncnc4)c4ccc(-c5cccc6ccccc56)cc34)ccc21.CC1(C)c2ccccc2-c2cc(-c3c4ccccc4c(-c4ncncn4)c4ccc(-c5cccc6ccccc56)cc34)ccc21. The van der Waals surface area contributed by atoms with E-state index in [0.717, 1.165) is 33.2 Å². The number of nitrogens with zero attached hydrogens (tertiary/aromatic N) is 7. The van der Waals surface area contributed by atoms with Crippen LogP contribution in [0.2, 0.25) is 0 Å². The van der Waals surface area contributed by atoms with E-state index >= 15 is 0 Å². The highest BCUT2D eigenvalue weighted by Gasteiger charge is 2.39. The van der Waals surface area contributed by atoms with Gasteiger partial charge in [0.25, 0.3) is 0 Å². The molecule has 21 aromatic carbocycles. The van der Waals surface area contributed by atoms with Crippen molar-refractivity contribution < 1.29 is 0 Å². The fraction of sp³-hybridized carbons (Fsp3) is 0.0703. The minimum Gasteiger partial charge on any atom is -0.245 e. The molecule has 0 aliphatic heterocycles. The molecule has 0 bridgehead atoms. The lowest BCUT2D eigenvalue weighted by atomic mass is 9.81. The van der Waals surface area contributed by atoms with E-state index < -0.39 is 0 Å². The van der Waals surface area contributed by atoms with Crippen LogP contribution in [0, 0.1) is 0 Å². The first kappa shape index (κ1) is 80.2. The van der Waals surface area contributed by atoms with Gasteiger partial charge in [0.05, 0.1) is 5.69 Å². The normalized spacial score (nSPS) is 13.3. The Morgan fingerprint density at radius 2 is 0.452 bits per heavy atom. The van der Waals surface area contributed by atoms with Crippen LogP contribution in [-0.4, -0.2) is 34.9 Å². The van der Waals surface area contributed by atoms with Gasteiger partial charge >= 0.3 is 0 Å². The van der Waals surface area contributed by atoms with Crippen molar-refractivity contribution in [2.24, 2.45) is 0 Å². The summed E-state index contributed by atoms with van der Waals surface area (Å²) in [5.74, 6) is 0.681. The second-order valence-electron chi connectivity index (χ2n) is 37.7. The number of rotatable bonds is 9. The predicted octanol–water partition coefficient (Wildman–Crippen LogP) is 33.1. The molecule has 0 amide bonds. The van der Waals surface area contributed by atoms with Crippen molar-refractivity contribution in [2.75, 3.05) is 0 Å². The Morgan fingerprint density at radius 3 is 0.830 bits per heavy atom. The van der Waals surface area contributed by atoms with Crippen LogP contribution in [0.15, 0.2) is 432 Å². The molecule has 27 rings (SSSR count). The van der Waals surface area contributed by atoms with E-state index in [1.807, 2.05) is 24.7 Å². The summed E-state index contributed by atoms with van der Waals surface area (Å²) < 4.78 is 0. The standard InChI is InChI=1S/2C43H30N2.C42H29N3/c1-43(2)39-17-8-7-13-33(39)37-23-29(19-21-40(37)43)41-34-14-5-6-15-35(34)42(30-24-44-26-45-25-30)36-20-18-28(22-38(36)41)32-16-9-11-27-10-3-4-12-31(27)32;1-43(2)38-17-8-7-13-32(38)36-25-29(19-21-39(36)43)41-33-14-5-6-15-34(33)42(40-22-23-44-26-45-40)35-20-18-28(24-37(35)41)31-16-9-11-27-10-3-4-12-30(27)31;1-42(2)37-17-8-7-13-31(37)35-23-28(19-21-38(35)42)39-32-14-5-6-15-33(32)40(41-44-24-43-25-45-41)34-20-18-27(22-36(34)39)30-16-9-11-26-10-3-4-12-29(26)30/h2*3-26H,1-2H3;3-25H,1-2H3. The number of benzene rings is 21. The molecule has 0 atom stereocenters. The van der Waals surface area contributed by atoms with Crippen molar-refractivity contribution in [3.8, 4) is 134 Å². The van der Waals surface area contributed by atoms with E-state index in [1.165, 1.54) is 225 Å². The number of hydrogen-bond acceptors (Lipinski definition) is 7. The van der Waals surface area contributed by atoms with Crippen molar-refractivity contribution in [1.82, 2.24) is 34.9 Å². The van der Waals surface area contributed by atoms with E-state index in [1.54, 1.807) is 25.3 Å². The minimum atomic E-state index is -0.0430. The van der Waals surface area contributed by atoms with E-state index in [-0.39, 0.29) is 16.2 Å². The van der Waals surface area contributed by atoms with Gasteiger partial charge in [-0.15, -0.1) is 0 Å². The van der Waals surface area contributed by atoms with Crippen LogP contribution in [0.25, 0.3) is 231 Å². The lowest BCUT2D eigenvalue weighted by Crippen LogP contribution is -2.14. The van der Waals surface area contributed by atoms with Crippen LogP contribution < -0.4 is 0 Å². The van der Waals surface area contributed by atoms with Gasteiger partial charge < -0.3 is 0 Å². The summed E-state index contributed by atoms with van der Waals surface area (Å²) in [6.45, 7) is 14.0. The monoisotopic (exact) mass is 1720 g/mol. The molecule has 0 N–H and O–H groups in total. The summed E-state index contributed by atoms with van der Waals surface area (Å²) in [6, 6.07) is 143. The van der Waals surface area contributed by atoms with Crippen LogP contribution in [0.1, 0.15) is 74.9 Å². The van der Waals surface area contributed by atoms with Crippen LogP contribution in [0.5, 0.6) is 0 Å². The molecule has 0 saturated carbocycles. The topological polar surface area (TPSA) is 90.2 Å². The van der Waals surface area contributed by atoms with Gasteiger partial charge in [0, 0.05) is 57.1 Å². The minimum absolute atomic E-state index is 0.0344. The van der Waals surface area contributed by atoms with Crippen LogP contribution in [-0.2, 0) is 16.2 Å². The molecule has 0 fully saturated rings. The molecule has 7 nitrogen and oxygen atoms in total. The Morgan fingerprint density at radius 1 is 0.170 bits per heavy atom. The molecule has 7 heteroatoms. The predicted molar refractivity (Wildman–Crippen MR) is 563 cm³/mol. The summed E-state index contributed by atoms with van der Waals surface area (Å²) in [7, 11) is 0. The van der Waals surface area contributed by atoms with Crippen molar-refractivity contribution in [3.05, 3.63) is 466 Å². The molecular weight excluding hydrogens is 1640 g/mol. The third kappa shape index (κ3) is 13.0. The molecule has 3 aliphatic rings. The second-order valence-corrected chi connectivity index (χ2v) is 37.7. The van der Waals surface area contributed by atoms with Gasteiger partial charge in [-0.2, -0.15) is 0 Å². The zero-order valence-corrected chi connectivity index (χ0v) is 75.6. The molecule has 0 saturated heterocycles. The Kier molecular flexibility index (Phi) is 18.9. The van der Waals surface area contributed by atoms with Crippen LogP contribution >= 0.6 is 0 Å². The molecule has 0 radical (unpaired) electrons. The van der Waals surface area contributed by atoms with Gasteiger partial charge in [-0.25, -0.2) is 34.9 Å². The largest absolute Gasteiger partial charge is 0.245 e. The molecule has 3 heterocycles. The van der Waals surface area contributed by atoms with Crippen molar-refractivity contribution in [1.29, 1.82) is 0 Å². The van der Waals surface area contributed by atoms with Gasteiger partial charge in [0.1, 0.15) is 25.3 Å². The first-order valence-corrected chi connectivity index (χ1v) is 46.6. The maximum Gasteiger partial charge on any atom is 0.163 e. The number of aromatic nitrogens is 7. The molecule has 0 spiro atoms. The Bertz CT molecular complexity index is 8180. The highest BCUT2D eigenvalue weighted by Crippen LogP contribution is 2.57. The zero-order valence-electron chi connectivity index (χ0n) is 75.6. The molecule has 636 valence electrons. The summed E-state index contributed by atoms with van der Waals surface area (Å²) in [5.41, 5.74) is 36.2. The molecule has 135 heavy (non-hydrogen) atoms. The molecular formula is C128H89N7. The molecule has 0 unspecified atom stereocenters. The van der Waals surface area contributed by atoms with Crippen molar-refractivity contribution in [2.45, 2.75) is 57.8 Å². The van der Waals surface area contributed by atoms with Gasteiger partial charge in [-0.3, -0.25) is 0 Å². The summed E-state index contributed by atoms with van der Waals surface area (Å²) >= 11 is 0. The van der Waals surface area contributed by atoms with Gasteiger partial charge in [0.15, 0.2) is 5.82 Å². The lowest BCUT2D eigenvalue weighted by Gasteiger charge is -2.22. The Labute approximate surface area is 783 Å². The van der Waals surface area contributed by atoms with Gasteiger partial charge in [0.2, 0.25) is 0 Å². The van der Waals surface area contributed by atoms with Crippen LogP contribution in [0.4, 0.5) is 0 Å². The number of hydrogen-bond donors (Lipinski definition) is 0. The highest BCUT2D eigenvalue weighted by atomic mass is 15.0. The third-order valence-electron chi connectivity index (χ3n) is 29.4. The molecule has 3 aromatic heterocycles. The van der Waals surface area contributed by atoms with E-state index in [4.69, 9.17) is 4.98 Å². The van der Waals surface area contributed by atoms with Gasteiger partial charge in [-0.05, 0) is 273 Å². The molecule has 24 aromatic rings. The summed E-state index contributed by atoms with van der Waals surface area (Å²) in [6.07, 6.45) is 12.1. The quantitative estimate of drug-likeness (QED) is 0.133. The fourth-order valence-electron chi connectivity index (χ4n) is 23.1. The first-order valence-electron chi connectivity index (χ1n) is 46.6. The van der Waals surface area contributed by atoms with E-state index in [0.29, 0.717) is 5.82 Å². The summed E-state index contributed by atoms with van der Waals surface area (Å²) in [5, 5.41) is 21.8. The smallest absolute Gasteiger partial charge is 0.163 e. The second kappa shape index (κ2) is 31.7. The van der Waals surface area contributed by atoms with Gasteiger partial charge in [-0.1, -0.05) is 387 Å². The third-order valence-corrected chi connectivity index (χ3v) is 29.4. The van der Waals surface area contributed by atoms with Crippen molar-refractivity contribution in [3.63, 3.8) is 0 Å². The average molecular weight is 1730 g/mol. The van der Waals surface area contributed by atoms with E-state index in [9.17, 15) is 0 Å². The fourth-order valence-corrected chi connectivity index (χ4v) is 23.1. The summed E-state index contributed by atoms with van der Waals surface area (Å²) in [4.78, 5) is 31.2.